The largest absolute Gasteiger partial charge is 0.354 e. The van der Waals surface area contributed by atoms with Crippen LogP contribution in [0.15, 0.2) is 0 Å². The van der Waals surface area contributed by atoms with E-state index in [0.29, 0.717) is 0 Å². The van der Waals surface area contributed by atoms with Gasteiger partial charge in [0.2, 0.25) is 5.91 Å². The number of carbonyl (C=O) groups is 1. The maximum Gasteiger partial charge on any atom is 0.227 e. The zero-order valence-electron chi connectivity index (χ0n) is 9.39. The third-order valence-electron chi connectivity index (χ3n) is 2.69. The maximum atomic E-state index is 11.7. The molecule has 0 saturated heterocycles. The smallest absolute Gasteiger partial charge is 0.227 e. The van der Waals surface area contributed by atoms with Crippen LogP contribution in [0.5, 0.6) is 0 Å². The predicted molar refractivity (Wildman–Crippen MR) is 57.2 cm³/mol. The van der Waals surface area contributed by atoms with Gasteiger partial charge in [-0.3, -0.25) is 4.79 Å². The Kier molecular flexibility index (Phi) is 3.89. The number of rotatable bonds is 6. The number of carbonyl (C=O) groups excluding carboxylic acids is 1. The predicted octanol–water partition coefficient (Wildman–Crippen LogP) is -0.336. The molecule has 0 atom stereocenters. The van der Waals surface area contributed by atoms with E-state index in [2.05, 4.69) is 15.5 Å². The first-order valence-electron chi connectivity index (χ1n) is 5.18. The lowest BCUT2D eigenvalue weighted by atomic mass is 10.1. The Morgan fingerprint density at radius 3 is 2.50 bits per heavy atom. The molecule has 14 heavy (non-hydrogen) atoms. The number of likely N-dealkylation sites (N-methyl/N-ethyl adjacent to an activating group) is 1. The van der Waals surface area contributed by atoms with E-state index in [1.54, 1.807) is 0 Å². The van der Waals surface area contributed by atoms with Crippen molar-refractivity contribution in [2.75, 3.05) is 40.8 Å². The van der Waals surface area contributed by atoms with Crippen LogP contribution in [0.3, 0.4) is 0 Å². The molecule has 0 aromatic rings. The summed E-state index contributed by atoms with van der Waals surface area (Å²) in [7, 11) is 5.91. The summed E-state index contributed by atoms with van der Waals surface area (Å²) in [4.78, 5) is 13.8. The molecule has 0 aromatic carbocycles. The lowest BCUT2D eigenvalue weighted by Crippen LogP contribution is -2.40. The van der Waals surface area contributed by atoms with Crippen LogP contribution in [0.25, 0.3) is 0 Å². The summed E-state index contributed by atoms with van der Waals surface area (Å²) in [6, 6.07) is 0. The molecule has 1 amide bonds. The number of nitrogens with one attached hydrogen (secondary N) is 2. The minimum absolute atomic E-state index is 0.0823. The van der Waals surface area contributed by atoms with Gasteiger partial charge in [-0.15, -0.1) is 0 Å². The van der Waals surface area contributed by atoms with Crippen molar-refractivity contribution in [2.45, 2.75) is 12.8 Å². The first-order chi connectivity index (χ1) is 6.60. The number of nitrogens with zero attached hydrogens (tertiary/aromatic N) is 1. The molecule has 4 heteroatoms. The van der Waals surface area contributed by atoms with E-state index < -0.39 is 0 Å². The van der Waals surface area contributed by atoms with Crippen molar-refractivity contribution >= 4 is 5.91 Å². The average Bonchev–Trinajstić information content (AvgIpc) is 2.85. The molecule has 0 unspecified atom stereocenters. The highest BCUT2D eigenvalue weighted by atomic mass is 16.2. The Morgan fingerprint density at radius 1 is 1.43 bits per heavy atom. The molecule has 1 saturated carbocycles. The lowest BCUT2D eigenvalue weighted by Gasteiger charge is -2.16. The monoisotopic (exact) mass is 199 g/mol. The van der Waals surface area contributed by atoms with Gasteiger partial charge in [-0.25, -0.2) is 0 Å². The normalized spacial score (nSPS) is 18.3. The molecule has 2 N–H and O–H groups in total. The lowest BCUT2D eigenvalue weighted by molar-refractivity contribution is -0.126. The summed E-state index contributed by atoms with van der Waals surface area (Å²) >= 11 is 0. The van der Waals surface area contributed by atoms with Gasteiger partial charge in [0.05, 0.1) is 5.41 Å². The van der Waals surface area contributed by atoms with Crippen LogP contribution in [0.4, 0.5) is 0 Å². The molecule has 0 aliphatic heterocycles. The topological polar surface area (TPSA) is 44.4 Å². The van der Waals surface area contributed by atoms with Gasteiger partial charge in [0, 0.05) is 19.6 Å². The molecule has 0 heterocycles. The van der Waals surface area contributed by atoms with Crippen molar-refractivity contribution < 1.29 is 4.79 Å². The number of amides is 1. The van der Waals surface area contributed by atoms with Crippen molar-refractivity contribution in [3.8, 4) is 0 Å². The second-order valence-electron chi connectivity index (χ2n) is 4.37. The van der Waals surface area contributed by atoms with Gasteiger partial charge in [-0.05, 0) is 34.0 Å². The molecular formula is C10H21N3O. The Balaban J connectivity index is 2.21. The van der Waals surface area contributed by atoms with Gasteiger partial charge in [0.1, 0.15) is 0 Å². The number of hydrogen-bond donors (Lipinski definition) is 2. The Morgan fingerprint density at radius 2 is 2.07 bits per heavy atom. The quantitative estimate of drug-likeness (QED) is 0.615. The van der Waals surface area contributed by atoms with Gasteiger partial charge in [-0.1, -0.05) is 0 Å². The fraction of sp³-hybridized carbons (Fsp3) is 0.900. The Hall–Kier alpha value is -0.610. The van der Waals surface area contributed by atoms with E-state index in [1.165, 1.54) is 0 Å². The summed E-state index contributed by atoms with van der Waals surface area (Å²) < 4.78 is 0. The molecule has 1 fully saturated rings. The van der Waals surface area contributed by atoms with Crippen molar-refractivity contribution in [2.24, 2.45) is 5.41 Å². The van der Waals surface area contributed by atoms with Crippen LogP contribution >= 0.6 is 0 Å². The van der Waals surface area contributed by atoms with Crippen molar-refractivity contribution in [1.29, 1.82) is 0 Å². The molecule has 4 nitrogen and oxygen atoms in total. The first kappa shape index (κ1) is 11.5. The minimum Gasteiger partial charge on any atom is -0.354 e. The van der Waals surface area contributed by atoms with Gasteiger partial charge in [0.15, 0.2) is 0 Å². The van der Waals surface area contributed by atoms with Gasteiger partial charge in [-0.2, -0.15) is 0 Å². The summed E-state index contributed by atoms with van der Waals surface area (Å²) in [6.45, 7) is 2.46. The highest BCUT2D eigenvalue weighted by Gasteiger charge is 2.48. The third-order valence-corrected chi connectivity index (χ3v) is 2.69. The summed E-state index contributed by atoms with van der Waals surface area (Å²) in [5.74, 6) is 0.216. The van der Waals surface area contributed by atoms with Crippen molar-refractivity contribution in [3.05, 3.63) is 0 Å². The van der Waals surface area contributed by atoms with Crippen LogP contribution in [0.1, 0.15) is 12.8 Å². The van der Waals surface area contributed by atoms with Gasteiger partial charge < -0.3 is 15.5 Å². The SMILES string of the molecule is CNCC1(C(=O)NCCN(C)C)CC1. The van der Waals surface area contributed by atoms with Gasteiger partial charge in [0.25, 0.3) is 0 Å². The standard InChI is InChI=1S/C10H21N3O/c1-11-8-10(4-5-10)9(14)12-6-7-13(2)3/h11H,4-8H2,1-3H3,(H,12,14). The van der Waals surface area contributed by atoms with E-state index in [4.69, 9.17) is 0 Å². The summed E-state index contributed by atoms with van der Waals surface area (Å²) in [5.41, 5.74) is -0.0823. The third kappa shape index (κ3) is 2.96. The molecular weight excluding hydrogens is 178 g/mol. The molecule has 0 aromatic heterocycles. The molecule has 1 aliphatic carbocycles. The fourth-order valence-electron chi connectivity index (χ4n) is 1.55. The molecule has 0 radical (unpaired) electrons. The highest BCUT2D eigenvalue weighted by molar-refractivity contribution is 5.85. The first-order valence-corrected chi connectivity index (χ1v) is 5.18. The van der Waals surface area contributed by atoms with E-state index >= 15 is 0 Å². The Labute approximate surface area is 86.0 Å². The van der Waals surface area contributed by atoms with E-state index in [9.17, 15) is 4.79 Å². The van der Waals surface area contributed by atoms with Crippen molar-refractivity contribution in [3.63, 3.8) is 0 Å². The van der Waals surface area contributed by atoms with Crippen LogP contribution in [0.2, 0.25) is 0 Å². The van der Waals surface area contributed by atoms with Crippen LogP contribution in [-0.4, -0.2) is 51.6 Å². The average molecular weight is 199 g/mol. The molecule has 82 valence electrons. The van der Waals surface area contributed by atoms with E-state index in [0.717, 1.165) is 32.5 Å². The summed E-state index contributed by atoms with van der Waals surface area (Å²) in [6.07, 6.45) is 2.06. The summed E-state index contributed by atoms with van der Waals surface area (Å²) in [5, 5.41) is 6.06. The fourth-order valence-corrected chi connectivity index (χ4v) is 1.55. The van der Waals surface area contributed by atoms with Crippen LogP contribution in [-0.2, 0) is 4.79 Å². The number of hydrogen-bond acceptors (Lipinski definition) is 3. The minimum atomic E-state index is -0.0823. The second kappa shape index (κ2) is 4.75. The Bertz CT molecular complexity index is 200. The van der Waals surface area contributed by atoms with Crippen LogP contribution in [0, 0.1) is 5.41 Å². The molecule has 0 spiro atoms. The molecule has 1 aliphatic rings. The maximum absolute atomic E-state index is 11.7. The molecule has 1 rings (SSSR count). The van der Waals surface area contributed by atoms with Gasteiger partial charge >= 0.3 is 0 Å². The van der Waals surface area contributed by atoms with E-state index in [-0.39, 0.29) is 11.3 Å². The zero-order chi connectivity index (χ0) is 10.6. The van der Waals surface area contributed by atoms with Crippen LogP contribution < -0.4 is 10.6 Å². The zero-order valence-corrected chi connectivity index (χ0v) is 9.39. The second-order valence-corrected chi connectivity index (χ2v) is 4.37. The highest BCUT2D eigenvalue weighted by Crippen LogP contribution is 2.45. The molecule has 0 bridgehead atoms. The van der Waals surface area contributed by atoms with Crippen molar-refractivity contribution in [1.82, 2.24) is 15.5 Å². The van der Waals surface area contributed by atoms with E-state index in [1.807, 2.05) is 21.1 Å².